The molecule has 1 rings (SSSR count). The fourth-order valence-corrected chi connectivity index (χ4v) is 1.05. The zero-order valence-electron chi connectivity index (χ0n) is 9.24. The van der Waals surface area contributed by atoms with Crippen molar-refractivity contribution in [2.45, 2.75) is 40.7 Å². The summed E-state index contributed by atoms with van der Waals surface area (Å²) in [6, 6.07) is 0. The third kappa shape index (κ3) is 3.60. The van der Waals surface area contributed by atoms with Crippen LogP contribution in [0.1, 0.15) is 32.3 Å². The van der Waals surface area contributed by atoms with Crippen molar-refractivity contribution < 1.29 is 9.90 Å². The van der Waals surface area contributed by atoms with E-state index < -0.39 is 5.97 Å². The lowest BCUT2D eigenvalue weighted by Crippen LogP contribution is -2.08. The van der Waals surface area contributed by atoms with Crippen molar-refractivity contribution in [2.75, 3.05) is 0 Å². The molecule has 80 valence electrons. The number of carbonyl (C=O) groups is 1. The van der Waals surface area contributed by atoms with Crippen molar-refractivity contribution >= 4 is 5.97 Å². The molecule has 0 unspecified atom stereocenters. The van der Waals surface area contributed by atoms with Gasteiger partial charge >= 0.3 is 5.97 Å². The molecule has 14 heavy (non-hydrogen) atoms. The van der Waals surface area contributed by atoms with Crippen LogP contribution in [0.15, 0.2) is 6.20 Å². The van der Waals surface area contributed by atoms with Crippen molar-refractivity contribution in [1.82, 2.24) is 9.55 Å². The molecular weight excluding hydrogens is 180 g/mol. The van der Waals surface area contributed by atoms with E-state index in [1.807, 2.05) is 27.7 Å². The van der Waals surface area contributed by atoms with Crippen molar-refractivity contribution in [2.24, 2.45) is 0 Å². The van der Waals surface area contributed by atoms with Crippen molar-refractivity contribution in [1.29, 1.82) is 0 Å². The van der Waals surface area contributed by atoms with E-state index in [1.165, 1.54) is 0 Å². The second-order valence-corrected chi connectivity index (χ2v) is 2.65. The van der Waals surface area contributed by atoms with E-state index in [4.69, 9.17) is 5.11 Å². The van der Waals surface area contributed by atoms with E-state index in [9.17, 15) is 4.79 Å². The number of nitrogens with zero attached hydrogens (tertiary/aromatic N) is 2. The maximum atomic E-state index is 10.4. The molecule has 0 aliphatic heterocycles. The van der Waals surface area contributed by atoms with Crippen LogP contribution >= 0.6 is 0 Å². The monoisotopic (exact) mass is 198 g/mol. The summed E-state index contributed by atoms with van der Waals surface area (Å²) in [5.74, 6) is -0.0765. The van der Waals surface area contributed by atoms with Crippen LogP contribution in [0.25, 0.3) is 0 Å². The van der Waals surface area contributed by atoms with Crippen LogP contribution in [0, 0.1) is 6.92 Å². The van der Waals surface area contributed by atoms with Crippen LogP contribution in [0.2, 0.25) is 0 Å². The number of aliphatic carboxylic acids is 1. The molecule has 0 spiro atoms. The molecule has 0 radical (unpaired) electrons. The summed E-state index contributed by atoms with van der Waals surface area (Å²) in [6.45, 7) is 7.80. The van der Waals surface area contributed by atoms with Crippen molar-refractivity contribution in [3.05, 3.63) is 17.7 Å². The van der Waals surface area contributed by atoms with Gasteiger partial charge < -0.3 is 9.67 Å². The maximum absolute atomic E-state index is 10.4. The number of aromatic nitrogens is 2. The van der Waals surface area contributed by atoms with E-state index in [-0.39, 0.29) is 6.54 Å². The second-order valence-electron chi connectivity index (χ2n) is 2.65. The zero-order chi connectivity index (χ0) is 11.1. The summed E-state index contributed by atoms with van der Waals surface area (Å²) in [4.78, 5) is 14.6. The highest BCUT2D eigenvalue weighted by atomic mass is 16.4. The number of aryl methyl sites for hydroxylation is 2. The van der Waals surface area contributed by atoms with Crippen LogP contribution < -0.4 is 0 Å². The fraction of sp³-hybridized carbons (Fsp3) is 0.600. The highest BCUT2D eigenvalue weighted by molar-refractivity contribution is 5.66. The number of rotatable bonds is 3. The minimum atomic E-state index is -0.835. The number of carboxylic acids is 1. The van der Waals surface area contributed by atoms with Crippen LogP contribution in [-0.2, 0) is 17.8 Å². The van der Waals surface area contributed by atoms with E-state index in [1.54, 1.807) is 10.8 Å². The summed E-state index contributed by atoms with van der Waals surface area (Å²) in [7, 11) is 0. The SMILES string of the molecule is CC.CCc1cn(CC(=O)O)c(C)n1. The van der Waals surface area contributed by atoms with E-state index in [0.29, 0.717) is 0 Å². The summed E-state index contributed by atoms with van der Waals surface area (Å²) in [5.41, 5.74) is 0.939. The largest absolute Gasteiger partial charge is 0.480 e. The molecule has 4 heteroatoms. The van der Waals surface area contributed by atoms with E-state index in [2.05, 4.69) is 4.98 Å². The molecule has 1 aromatic rings. The quantitative estimate of drug-likeness (QED) is 0.806. The standard InChI is InChI=1S/C8H12N2O2.C2H6/c1-3-7-4-10(5-8(11)12)6(2)9-7;1-2/h4H,3,5H2,1-2H3,(H,11,12);1-2H3. The Bertz CT molecular complexity index is 292. The van der Waals surface area contributed by atoms with Crippen molar-refractivity contribution in [3.63, 3.8) is 0 Å². The molecule has 0 saturated carbocycles. The Morgan fingerprint density at radius 3 is 2.50 bits per heavy atom. The second kappa shape index (κ2) is 6.18. The number of hydrogen-bond donors (Lipinski definition) is 1. The van der Waals surface area contributed by atoms with Gasteiger partial charge in [0, 0.05) is 6.20 Å². The van der Waals surface area contributed by atoms with Gasteiger partial charge in [0.15, 0.2) is 0 Å². The van der Waals surface area contributed by atoms with E-state index >= 15 is 0 Å². The molecule has 0 fully saturated rings. The summed E-state index contributed by atoms with van der Waals surface area (Å²) in [5, 5.41) is 8.52. The van der Waals surface area contributed by atoms with Crippen LogP contribution in [-0.4, -0.2) is 20.6 Å². The van der Waals surface area contributed by atoms with Gasteiger partial charge in [-0.2, -0.15) is 0 Å². The van der Waals surface area contributed by atoms with Gasteiger partial charge in [-0.15, -0.1) is 0 Å². The van der Waals surface area contributed by atoms with Gasteiger partial charge in [0.25, 0.3) is 0 Å². The van der Waals surface area contributed by atoms with E-state index in [0.717, 1.165) is 17.9 Å². The Hall–Kier alpha value is -1.32. The van der Waals surface area contributed by atoms with Crippen LogP contribution in [0.5, 0.6) is 0 Å². The molecule has 1 N–H and O–H groups in total. The number of hydrogen-bond acceptors (Lipinski definition) is 2. The topological polar surface area (TPSA) is 55.1 Å². The predicted molar refractivity (Wildman–Crippen MR) is 55.3 cm³/mol. The molecule has 4 nitrogen and oxygen atoms in total. The summed E-state index contributed by atoms with van der Waals surface area (Å²) >= 11 is 0. The molecule has 1 aromatic heterocycles. The first kappa shape index (κ1) is 12.7. The van der Waals surface area contributed by atoms with Gasteiger partial charge in [0.2, 0.25) is 0 Å². The summed E-state index contributed by atoms with van der Waals surface area (Å²) in [6.07, 6.45) is 2.62. The van der Waals surface area contributed by atoms with Crippen LogP contribution in [0.4, 0.5) is 0 Å². The molecule has 0 aliphatic carbocycles. The Balaban J connectivity index is 0.000000791. The lowest BCUT2D eigenvalue weighted by Gasteiger charge is -1.97. The lowest BCUT2D eigenvalue weighted by molar-refractivity contribution is -0.137. The smallest absolute Gasteiger partial charge is 0.323 e. The zero-order valence-corrected chi connectivity index (χ0v) is 9.24. The van der Waals surface area contributed by atoms with Gasteiger partial charge in [-0.25, -0.2) is 4.98 Å². The lowest BCUT2D eigenvalue weighted by atomic mass is 10.4. The molecule has 0 aliphatic rings. The molecule has 0 saturated heterocycles. The van der Waals surface area contributed by atoms with Gasteiger partial charge in [0.05, 0.1) is 5.69 Å². The Morgan fingerprint density at radius 1 is 1.57 bits per heavy atom. The first-order chi connectivity index (χ1) is 6.63. The highest BCUT2D eigenvalue weighted by Crippen LogP contribution is 2.02. The maximum Gasteiger partial charge on any atom is 0.323 e. The minimum Gasteiger partial charge on any atom is -0.480 e. The Morgan fingerprint density at radius 2 is 2.14 bits per heavy atom. The minimum absolute atomic E-state index is 0.00116. The molecule has 0 aromatic carbocycles. The van der Waals surface area contributed by atoms with Gasteiger partial charge in [-0.3, -0.25) is 4.79 Å². The average molecular weight is 198 g/mol. The fourth-order valence-electron chi connectivity index (χ4n) is 1.05. The normalized spacial score (nSPS) is 9.14. The van der Waals surface area contributed by atoms with Crippen molar-refractivity contribution in [3.8, 4) is 0 Å². The third-order valence-corrected chi connectivity index (χ3v) is 1.69. The summed E-state index contributed by atoms with van der Waals surface area (Å²) < 4.78 is 1.64. The number of carboxylic acid groups (broad SMARTS) is 1. The molecule has 1 heterocycles. The van der Waals surface area contributed by atoms with Crippen LogP contribution in [0.3, 0.4) is 0 Å². The first-order valence-corrected chi connectivity index (χ1v) is 4.88. The highest BCUT2D eigenvalue weighted by Gasteiger charge is 2.04. The molecule has 0 amide bonds. The predicted octanol–water partition coefficient (Wildman–Crippen LogP) is 1.86. The Labute approximate surface area is 84.6 Å². The molecule has 0 atom stereocenters. The number of imidazole rings is 1. The Kier molecular flexibility index (Phi) is 5.60. The molecular formula is C10H18N2O2. The van der Waals surface area contributed by atoms with Gasteiger partial charge in [0.1, 0.15) is 12.4 Å². The first-order valence-electron chi connectivity index (χ1n) is 4.88. The van der Waals surface area contributed by atoms with Gasteiger partial charge in [-0.05, 0) is 13.3 Å². The van der Waals surface area contributed by atoms with Gasteiger partial charge in [-0.1, -0.05) is 20.8 Å². The average Bonchev–Trinajstić information content (AvgIpc) is 2.50. The third-order valence-electron chi connectivity index (χ3n) is 1.69. The molecule has 0 bridgehead atoms.